The molecule has 0 saturated carbocycles. The average molecular weight is 282 g/mol. The summed E-state index contributed by atoms with van der Waals surface area (Å²) in [4.78, 5) is 23.8. The number of hydrogen-bond acceptors (Lipinski definition) is 5. The molecule has 2 rings (SSSR count). The molecule has 1 saturated heterocycles. The molecule has 1 aliphatic rings. The van der Waals surface area contributed by atoms with Crippen molar-refractivity contribution in [3.05, 3.63) is 15.8 Å². The molecular formula is C13H18N2O3S. The van der Waals surface area contributed by atoms with E-state index in [4.69, 9.17) is 4.74 Å². The van der Waals surface area contributed by atoms with Gasteiger partial charge in [0.15, 0.2) is 0 Å². The Hall–Kier alpha value is -1.56. The number of esters is 1. The van der Waals surface area contributed by atoms with E-state index in [1.54, 1.807) is 0 Å². The molecule has 19 heavy (non-hydrogen) atoms. The van der Waals surface area contributed by atoms with E-state index < -0.39 is 0 Å². The Bertz CT molecular complexity index is 484. The zero-order valence-electron chi connectivity index (χ0n) is 11.1. The summed E-state index contributed by atoms with van der Waals surface area (Å²) in [5.41, 5.74) is 1.81. The summed E-state index contributed by atoms with van der Waals surface area (Å²) in [5.74, 6) is -0.277. The second-order valence-electron chi connectivity index (χ2n) is 4.65. The third kappa shape index (κ3) is 3.26. The number of amides is 1. The highest BCUT2D eigenvalue weighted by atomic mass is 32.1. The Morgan fingerprint density at radius 2 is 2.37 bits per heavy atom. The summed E-state index contributed by atoms with van der Waals surface area (Å²) >= 11 is 1.37. The molecule has 1 aliphatic heterocycles. The lowest BCUT2D eigenvalue weighted by atomic mass is 10.1. The van der Waals surface area contributed by atoms with Crippen LogP contribution < -0.4 is 10.6 Å². The van der Waals surface area contributed by atoms with Gasteiger partial charge in [0, 0.05) is 19.0 Å². The largest absolute Gasteiger partial charge is 0.465 e. The fourth-order valence-electron chi connectivity index (χ4n) is 2.17. The predicted octanol–water partition coefficient (Wildman–Crippen LogP) is 1.92. The minimum Gasteiger partial charge on any atom is -0.465 e. The van der Waals surface area contributed by atoms with Crippen molar-refractivity contribution < 1.29 is 14.3 Å². The molecule has 0 spiro atoms. The molecule has 2 heterocycles. The van der Waals surface area contributed by atoms with Crippen molar-refractivity contribution in [3.8, 4) is 0 Å². The first-order valence-electron chi connectivity index (χ1n) is 6.31. The van der Waals surface area contributed by atoms with Crippen LogP contribution in [0.2, 0.25) is 0 Å². The van der Waals surface area contributed by atoms with Crippen molar-refractivity contribution in [2.24, 2.45) is 0 Å². The quantitative estimate of drug-likeness (QED) is 0.831. The van der Waals surface area contributed by atoms with E-state index in [-0.39, 0.29) is 17.9 Å². The van der Waals surface area contributed by atoms with Gasteiger partial charge in [-0.05, 0) is 30.7 Å². The number of aryl methyl sites for hydroxylation is 1. The highest BCUT2D eigenvalue weighted by Crippen LogP contribution is 2.30. The molecule has 0 aromatic carbocycles. The molecule has 0 aliphatic carbocycles. The van der Waals surface area contributed by atoms with Gasteiger partial charge in [-0.2, -0.15) is 0 Å². The van der Waals surface area contributed by atoms with E-state index >= 15 is 0 Å². The van der Waals surface area contributed by atoms with Crippen LogP contribution in [0.25, 0.3) is 0 Å². The van der Waals surface area contributed by atoms with Gasteiger partial charge in [0.1, 0.15) is 4.88 Å². The van der Waals surface area contributed by atoms with E-state index in [9.17, 15) is 9.59 Å². The second-order valence-corrected chi connectivity index (χ2v) is 5.53. The zero-order chi connectivity index (χ0) is 13.8. The van der Waals surface area contributed by atoms with Crippen molar-refractivity contribution in [1.82, 2.24) is 5.32 Å². The van der Waals surface area contributed by atoms with Crippen molar-refractivity contribution >= 4 is 28.9 Å². The number of hydrogen-bond donors (Lipinski definition) is 2. The number of anilines is 1. The minimum absolute atomic E-state index is 0.0579. The average Bonchev–Trinajstić information content (AvgIpc) is 2.61. The van der Waals surface area contributed by atoms with Crippen LogP contribution in [0.4, 0.5) is 5.69 Å². The molecule has 1 amide bonds. The molecule has 1 fully saturated rings. The number of carbonyl (C=O) groups excluding carboxylic acids is 2. The highest BCUT2D eigenvalue weighted by Gasteiger charge is 2.22. The SMILES string of the molecule is COC(=O)c1scc(C)c1NC1CCCNC(=O)C1. The van der Waals surface area contributed by atoms with Crippen molar-refractivity contribution in [2.75, 3.05) is 19.0 Å². The highest BCUT2D eigenvalue weighted by molar-refractivity contribution is 7.12. The van der Waals surface area contributed by atoms with Crippen LogP contribution >= 0.6 is 11.3 Å². The van der Waals surface area contributed by atoms with Crippen molar-refractivity contribution in [3.63, 3.8) is 0 Å². The van der Waals surface area contributed by atoms with E-state index in [0.717, 1.165) is 30.6 Å². The van der Waals surface area contributed by atoms with Crippen LogP contribution in [-0.4, -0.2) is 31.6 Å². The second kappa shape index (κ2) is 6.06. The monoisotopic (exact) mass is 282 g/mol. The Balaban J connectivity index is 2.15. The van der Waals surface area contributed by atoms with Gasteiger partial charge in [0.05, 0.1) is 12.8 Å². The first kappa shape index (κ1) is 13.9. The number of methoxy groups -OCH3 is 1. The zero-order valence-corrected chi connectivity index (χ0v) is 11.9. The summed E-state index contributed by atoms with van der Waals surface area (Å²) in [6.07, 6.45) is 2.30. The number of rotatable bonds is 3. The van der Waals surface area contributed by atoms with Crippen LogP contribution in [0.1, 0.15) is 34.5 Å². The lowest BCUT2D eigenvalue weighted by Crippen LogP contribution is -2.27. The first-order valence-corrected chi connectivity index (χ1v) is 7.19. The van der Waals surface area contributed by atoms with Crippen molar-refractivity contribution in [2.45, 2.75) is 32.2 Å². The third-order valence-electron chi connectivity index (χ3n) is 3.18. The normalized spacial score (nSPS) is 19.5. The maximum Gasteiger partial charge on any atom is 0.350 e. The molecular weight excluding hydrogens is 264 g/mol. The van der Waals surface area contributed by atoms with Crippen molar-refractivity contribution in [1.29, 1.82) is 0 Å². The van der Waals surface area contributed by atoms with Gasteiger partial charge < -0.3 is 15.4 Å². The summed E-state index contributed by atoms with van der Waals surface area (Å²) < 4.78 is 4.78. The Morgan fingerprint density at radius 1 is 1.58 bits per heavy atom. The fourth-order valence-corrected chi connectivity index (χ4v) is 3.10. The van der Waals surface area contributed by atoms with E-state index in [1.807, 2.05) is 12.3 Å². The standard InChI is InChI=1S/C13H18N2O3S/c1-8-7-19-12(13(17)18-2)11(8)15-9-4-3-5-14-10(16)6-9/h7,9,15H,3-6H2,1-2H3,(H,14,16). The Morgan fingerprint density at radius 3 is 3.11 bits per heavy atom. The van der Waals surface area contributed by atoms with Gasteiger partial charge in [-0.25, -0.2) is 4.79 Å². The maximum absolute atomic E-state index is 11.7. The molecule has 0 radical (unpaired) electrons. The van der Waals surface area contributed by atoms with E-state index in [1.165, 1.54) is 18.4 Å². The van der Waals surface area contributed by atoms with Gasteiger partial charge in [-0.3, -0.25) is 4.79 Å². The molecule has 2 N–H and O–H groups in total. The number of thiophene rings is 1. The topological polar surface area (TPSA) is 67.4 Å². The minimum atomic E-state index is -0.335. The summed E-state index contributed by atoms with van der Waals surface area (Å²) in [5, 5.41) is 8.10. The summed E-state index contributed by atoms with van der Waals surface area (Å²) in [6.45, 7) is 2.67. The van der Waals surface area contributed by atoms with Gasteiger partial charge in [0.2, 0.25) is 5.91 Å². The fraction of sp³-hybridized carbons (Fsp3) is 0.538. The lowest BCUT2D eigenvalue weighted by molar-refractivity contribution is -0.120. The predicted molar refractivity (Wildman–Crippen MR) is 74.7 cm³/mol. The molecule has 1 unspecified atom stereocenters. The molecule has 6 heteroatoms. The van der Waals surface area contributed by atoms with Crippen LogP contribution in [0.15, 0.2) is 5.38 Å². The van der Waals surface area contributed by atoms with E-state index in [0.29, 0.717) is 11.3 Å². The Kier molecular flexibility index (Phi) is 4.42. The molecule has 1 aromatic rings. The number of nitrogens with one attached hydrogen (secondary N) is 2. The lowest BCUT2D eigenvalue weighted by Gasteiger charge is -2.17. The van der Waals surface area contributed by atoms with Crippen LogP contribution in [0, 0.1) is 6.92 Å². The van der Waals surface area contributed by atoms with Crippen LogP contribution in [-0.2, 0) is 9.53 Å². The van der Waals surface area contributed by atoms with Gasteiger partial charge >= 0.3 is 5.97 Å². The number of ether oxygens (including phenoxy) is 1. The summed E-state index contributed by atoms with van der Waals surface area (Å²) in [6, 6.07) is 0.0687. The number of carbonyl (C=O) groups is 2. The smallest absolute Gasteiger partial charge is 0.350 e. The molecule has 1 atom stereocenters. The molecule has 1 aromatic heterocycles. The van der Waals surface area contributed by atoms with Crippen LogP contribution in [0.3, 0.4) is 0 Å². The van der Waals surface area contributed by atoms with Crippen LogP contribution in [0.5, 0.6) is 0 Å². The van der Waals surface area contributed by atoms with Gasteiger partial charge in [0.25, 0.3) is 0 Å². The summed E-state index contributed by atoms with van der Waals surface area (Å²) in [7, 11) is 1.38. The first-order chi connectivity index (χ1) is 9.11. The molecule has 104 valence electrons. The molecule has 0 bridgehead atoms. The van der Waals surface area contributed by atoms with Gasteiger partial charge in [-0.15, -0.1) is 11.3 Å². The van der Waals surface area contributed by atoms with E-state index in [2.05, 4.69) is 10.6 Å². The van der Waals surface area contributed by atoms with Gasteiger partial charge in [-0.1, -0.05) is 0 Å². The Labute approximate surface area is 116 Å². The maximum atomic E-state index is 11.7. The molecule has 5 nitrogen and oxygen atoms in total. The third-order valence-corrected chi connectivity index (χ3v) is 4.26.